The van der Waals surface area contributed by atoms with Gasteiger partial charge in [0.1, 0.15) is 0 Å². The third-order valence-electron chi connectivity index (χ3n) is 0. The van der Waals surface area contributed by atoms with E-state index in [1.165, 1.54) is 0 Å². The Morgan fingerprint density at radius 1 is 1.20 bits per heavy atom. The molecule has 0 spiro atoms. The molecular formula is FeMnOSnSr. The van der Waals surface area contributed by atoms with Crippen LogP contribution in [-0.4, -0.2) is 68.0 Å². The molecule has 0 unspecified atom stereocenters. The first kappa shape index (κ1) is 24.3. The number of hydrogen-bond acceptors (Lipinski definition) is 1. The van der Waals surface area contributed by atoms with Gasteiger partial charge in [0.15, 0.2) is 0 Å². The second kappa shape index (κ2) is 27.4. The molecule has 0 heterocycles. The van der Waals surface area contributed by atoms with Gasteiger partial charge in [-0.15, -0.1) is 0 Å². The van der Waals surface area contributed by atoms with Gasteiger partial charge in [-0.3, -0.25) is 0 Å². The molecule has 0 fully saturated rings. The van der Waals surface area contributed by atoms with E-state index in [-0.39, 0.29) is 79.6 Å². The molecule has 0 saturated heterocycles. The van der Waals surface area contributed by atoms with E-state index in [1.807, 2.05) is 0 Å². The zero-order chi connectivity index (χ0) is 2.00. The largest absolute Gasteiger partial charge is 0 e. The first-order chi connectivity index (χ1) is 1.00. The van der Waals surface area contributed by atoms with Crippen molar-refractivity contribution >= 4 is 68.0 Å². The summed E-state index contributed by atoms with van der Waals surface area (Å²) in [5.74, 6) is 0. The zero-order valence-electron chi connectivity index (χ0n) is 2.35. The summed E-state index contributed by atoms with van der Waals surface area (Å²) in [6.45, 7) is 0. The van der Waals surface area contributed by atoms with Gasteiger partial charge >= 0.3 is 25.6 Å². The minimum Gasteiger partial charge on any atom is 0 e. The van der Waals surface area contributed by atoms with Crippen LogP contribution in [0.3, 0.4) is 0 Å². The van der Waals surface area contributed by atoms with E-state index in [4.69, 9.17) is 3.08 Å². The Balaban J connectivity index is -0.00000000167. The summed E-state index contributed by atoms with van der Waals surface area (Å²) in [4.78, 5) is 0. The molecule has 0 N–H and O–H groups in total. The van der Waals surface area contributed by atoms with E-state index in [9.17, 15) is 0 Å². The topological polar surface area (TPSA) is 17.1 Å². The first-order valence-electron chi connectivity index (χ1n) is 0.204. The van der Waals surface area contributed by atoms with Gasteiger partial charge in [0, 0.05) is 79.6 Å². The normalized spacial score (nSPS) is 0.800. The van der Waals surface area contributed by atoms with E-state index in [1.54, 1.807) is 0 Å². The standard InChI is InChI=1S/Fe.Mn.O.Sn.Sr. The SMILES string of the molecule is [Fe].[Mn].[O]=[Sn].[Sr]. The predicted molar refractivity (Wildman–Crippen MR) is 12.2 cm³/mol. The summed E-state index contributed by atoms with van der Waals surface area (Å²) in [6, 6.07) is 0. The molecule has 0 saturated carbocycles. The van der Waals surface area contributed by atoms with Crippen molar-refractivity contribution in [1.29, 1.82) is 0 Å². The fourth-order valence-electron chi connectivity index (χ4n) is 0. The summed E-state index contributed by atoms with van der Waals surface area (Å²) in [6.07, 6.45) is 0. The van der Waals surface area contributed by atoms with Crippen LogP contribution in [-0.2, 0) is 37.2 Å². The molecule has 0 bridgehead atoms. The van der Waals surface area contributed by atoms with Crippen LogP contribution in [0.15, 0.2) is 0 Å². The fraction of sp³-hybridized carbons (Fsp3) is 0. The summed E-state index contributed by atoms with van der Waals surface area (Å²) < 4.78 is 8.34. The van der Waals surface area contributed by atoms with Crippen molar-refractivity contribution in [3.63, 3.8) is 0 Å². The van der Waals surface area contributed by atoms with Crippen molar-refractivity contribution in [1.82, 2.24) is 0 Å². The molecular weight excluding hydrogens is 333 g/mol. The fourth-order valence-corrected chi connectivity index (χ4v) is 0. The Hall–Kier alpha value is 3.12. The van der Waals surface area contributed by atoms with Crippen molar-refractivity contribution in [2.75, 3.05) is 0 Å². The maximum absolute atomic E-state index is 8.34. The molecule has 5 heavy (non-hydrogen) atoms. The second-order valence-corrected chi connectivity index (χ2v) is 0. The Labute approximate surface area is 103 Å². The Kier molecular flexibility index (Phi) is 133. The van der Waals surface area contributed by atoms with Crippen LogP contribution in [0.2, 0.25) is 0 Å². The maximum Gasteiger partial charge on any atom is 0 e. The van der Waals surface area contributed by atoms with Gasteiger partial charge in [0.25, 0.3) is 0 Å². The molecule has 0 rings (SSSR count). The number of rotatable bonds is 0. The molecule has 0 aliphatic rings. The molecule has 0 amide bonds. The van der Waals surface area contributed by atoms with Crippen LogP contribution in [0.4, 0.5) is 0 Å². The zero-order valence-corrected chi connectivity index (χ0v) is 11.0. The molecule has 0 atom stereocenters. The molecule has 0 aliphatic heterocycles. The first-order valence-corrected chi connectivity index (χ1v) is 1.37. The van der Waals surface area contributed by atoms with Crippen LogP contribution in [0.5, 0.6) is 0 Å². The molecule has 5 radical (unpaired) electrons. The Bertz CT molecular complexity index is 11.6. The van der Waals surface area contributed by atoms with Crippen LogP contribution in [0.1, 0.15) is 0 Å². The minimum atomic E-state index is 0. The van der Waals surface area contributed by atoms with Gasteiger partial charge in [-0.05, 0) is 0 Å². The van der Waals surface area contributed by atoms with Crippen LogP contribution in [0, 0.1) is 0 Å². The van der Waals surface area contributed by atoms with Crippen LogP contribution < -0.4 is 0 Å². The van der Waals surface area contributed by atoms with Crippen molar-refractivity contribution in [2.45, 2.75) is 0 Å². The molecule has 0 aromatic carbocycles. The van der Waals surface area contributed by atoms with Gasteiger partial charge in [0.2, 0.25) is 0 Å². The third-order valence-corrected chi connectivity index (χ3v) is 0. The molecule has 5 heteroatoms. The second-order valence-electron chi connectivity index (χ2n) is 0. The number of hydrogen-bond donors (Lipinski definition) is 0. The van der Waals surface area contributed by atoms with Gasteiger partial charge < -0.3 is 0 Å². The van der Waals surface area contributed by atoms with E-state index < -0.39 is 0 Å². The quantitative estimate of drug-likeness (QED) is 0.526. The van der Waals surface area contributed by atoms with Crippen molar-refractivity contribution in [3.05, 3.63) is 0 Å². The van der Waals surface area contributed by atoms with Gasteiger partial charge in [-0.25, -0.2) is 0 Å². The molecule has 0 aromatic heterocycles. The molecule has 1 nitrogen and oxygen atoms in total. The van der Waals surface area contributed by atoms with Gasteiger partial charge in [-0.1, -0.05) is 0 Å². The summed E-state index contributed by atoms with van der Waals surface area (Å²) in [7, 11) is 0. The average Bonchev–Trinajstić information content (AvgIpc) is 1.00. The van der Waals surface area contributed by atoms with Gasteiger partial charge in [0.05, 0.1) is 0 Å². The Morgan fingerprint density at radius 3 is 1.20 bits per heavy atom. The maximum atomic E-state index is 8.34. The van der Waals surface area contributed by atoms with Crippen molar-refractivity contribution < 1.29 is 37.2 Å². The van der Waals surface area contributed by atoms with E-state index in [2.05, 4.69) is 0 Å². The van der Waals surface area contributed by atoms with Gasteiger partial charge in [-0.2, -0.15) is 0 Å². The van der Waals surface area contributed by atoms with E-state index in [0.29, 0.717) is 22.5 Å². The average molecular weight is 333 g/mol. The smallest absolute Gasteiger partial charge is 0 e. The summed E-state index contributed by atoms with van der Waals surface area (Å²) >= 11 is 0.300. The molecule has 27 valence electrons. The van der Waals surface area contributed by atoms with E-state index in [0.717, 1.165) is 0 Å². The monoisotopic (exact) mass is 335 g/mol. The van der Waals surface area contributed by atoms with Crippen LogP contribution >= 0.6 is 0 Å². The Morgan fingerprint density at radius 2 is 1.20 bits per heavy atom. The van der Waals surface area contributed by atoms with Crippen molar-refractivity contribution in [3.8, 4) is 0 Å². The van der Waals surface area contributed by atoms with Crippen LogP contribution in [0.25, 0.3) is 0 Å². The molecule has 0 aromatic rings. The summed E-state index contributed by atoms with van der Waals surface area (Å²) in [5.41, 5.74) is 0. The van der Waals surface area contributed by atoms with Crippen molar-refractivity contribution in [2.24, 2.45) is 0 Å². The van der Waals surface area contributed by atoms with E-state index >= 15 is 0 Å². The predicted octanol–water partition coefficient (Wildman–Crippen LogP) is -0.885. The summed E-state index contributed by atoms with van der Waals surface area (Å²) in [5, 5.41) is 0. The molecule has 0 aliphatic carbocycles. The third kappa shape index (κ3) is 19.2. The minimum absolute atomic E-state index is 0.